The SMILES string of the molecule is C=C(Cc1c(Br)cc(F)c(F)c1F)C1CCC(CCC)CC1. The normalized spacial score (nSPS) is 21.9. The third kappa shape index (κ3) is 3.95. The summed E-state index contributed by atoms with van der Waals surface area (Å²) in [6.45, 7) is 6.28. The molecule has 1 aromatic carbocycles. The van der Waals surface area contributed by atoms with Gasteiger partial charge in [0.2, 0.25) is 0 Å². The van der Waals surface area contributed by atoms with E-state index in [4.69, 9.17) is 0 Å². The molecule has 0 aromatic heterocycles. The summed E-state index contributed by atoms with van der Waals surface area (Å²) in [7, 11) is 0. The summed E-state index contributed by atoms with van der Waals surface area (Å²) >= 11 is 3.13. The van der Waals surface area contributed by atoms with Gasteiger partial charge in [0.15, 0.2) is 17.5 Å². The Hall–Kier alpha value is -0.770. The molecule has 0 unspecified atom stereocenters. The number of rotatable bonds is 5. The second kappa shape index (κ2) is 7.67. The zero-order chi connectivity index (χ0) is 16.3. The Labute approximate surface area is 138 Å². The van der Waals surface area contributed by atoms with Crippen LogP contribution < -0.4 is 0 Å². The van der Waals surface area contributed by atoms with Gasteiger partial charge in [0.25, 0.3) is 0 Å². The van der Waals surface area contributed by atoms with Gasteiger partial charge in [0.1, 0.15) is 0 Å². The van der Waals surface area contributed by atoms with Crippen molar-refractivity contribution in [2.24, 2.45) is 11.8 Å². The van der Waals surface area contributed by atoms with Gasteiger partial charge in [-0.05, 0) is 50.0 Å². The molecule has 22 heavy (non-hydrogen) atoms. The lowest BCUT2D eigenvalue weighted by Gasteiger charge is -2.30. The molecule has 0 aliphatic heterocycles. The minimum absolute atomic E-state index is 0.166. The van der Waals surface area contributed by atoms with Gasteiger partial charge in [-0.3, -0.25) is 0 Å². The van der Waals surface area contributed by atoms with Gasteiger partial charge in [0.05, 0.1) is 0 Å². The van der Waals surface area contributed by atoms with Gasteiger partial charge in [-0.15, -0.1) is 0 Å². The zero-order valence-electron chi connectivity index (χ0n) is 12.9. The molecule has 1 aromatic rings. The molecule has 0 nitrogen and oxygen atoms in total. The van der Waals surface area contributed by atoms with Crippen LogP contribution in [0.2, 0.25) is 0 Å². The quantitative estimate of drug-likeness (QED) is 0.310. The van der Waals surface area contributed by atoms with Crippen molar-refractivity contribution in [1.82, 2.24) is 0 Å². The lowest BCUT2D eigenvalue weighted by molar-refractivity contribution is 0.284. The molecule has 122 valence electrons. The van der Waals surface area contributed by atoms with E-state index in [9.17, 15) is 13.2 Å². The summed E-state index contributed by atoms with van der Waals surface area (Å²) < 4.78 is 40.8. The van der Waals surface area contributed by atoms with E-state index in [1.54, 1.807) is 0 Å². The Balaban J connectivity index is 2.03. The highest BCUT2D eigenvalue weighted by molar-refractivity contribution is 9.10. The molecule has 0 amide bonds. The van der Waals surface area contributed by atoms with Crippen LogP contribution in [0.3, 0.4) is 0 Å². The van der Waals surface area contributed by atoms with E-state index in [-0.39, 0.29) is 16.5 Å². The molecule has 0 heterocycles. The molecule has 0 atom stereocenters. The number of hydrogen-bond acceptors (Lipinski definition) is 0. The highest BCUT2D eigenvalue weighted by atomic mass is 79.9. The molecular formula is C18H22BrF3. The highest BCUT2D eigenvalue weighted by Gasteiger charge is 2.25. The topological polar surface area (TPSA) is 0 Å². The van der Waals surface area contributed by atoms with Crippen molar-refractivity contribution >= 4 is 15.9 Å². The fourth-order valence-electron chi connectivity index (χ4n) is 3.40. The highest BCUT2D eigenvalue weighted by Crippen LogP contribution is 2.37. The van der Waals surface area contributed by atoms with Crippen LogP contribution in [0.1, 0.15) is 51.0 Å². The molecule has 0 radical (unpaired) electrons. The van der Waals surface area contributed by atoms with Gasteiger partial charge in [0, 0.05) is 10.0 Å². The first kappa shape index (κ1) is 17.6. The predicted molar refractivity (Wildman–Crippen MR) is 87.2 cm³/mol. The molecule has 1 aliphatic rings. The van der Waals surface area contributed by atoms with Crippen LogP contribution in [0.15, 0.2) is 22.7 Å². The van der Waals surface area contributed by atoms with Gasteiger partial charge in [-0.2, -0.15) is 0 Å². The van der Waals surface area contributed by atoms with Crippen LogP contribution in [-0.4, -0.2) is 0 Å². The van der Waals surface area contributed by atoms with Crippen molar-refractivity contribution in [3.05, 3.63) is 45.7 Å². The number of benzene rings is 1. The first-order chi connectivity index (χ1) is 10.4. The van der Waals surface area contributed by atoms with Crippen molar-refractivity contribution in [1.29, 1.82) is 0 Å². The average molecular weight is 375 g/mol. The Morgan fingerprint density at radius 2 is 1.82 bits per heavy atom. The van der Waals surface area contributed by atoms with Crippen LogP contribution in [0.25, 0.3) is 0 Å². The maximum atomic E-state index is 13.9. The van der Waals surface area contributed by atoms with Gasteiger partial charge in [-0.25, -0.2) is 13.2 Å². The Morgan fingerprint density at radius 3 is 2.41 bits per heavy atom. The van der Waals surface area contributed by atoms with E-state index >= 15 is 0 Å². The average Bonchev–Trinajstić information content (AvgIpc) is 2.50. The van der Waals surface area contributed by atoms with Crippen LogP contribution >= 0.6 is 15.9 Å². The van der Waals surface area contributed by atoms with Crippen LogP contribution in [0.4, 0.5) is 13.2 Å². The first-order valence-electron chi connectivity index (χ1n) is 7.93. The molecule has 0 bridgehead atoms. The number of halogens is 4. The molecule has 0 saturated heterocycles. The first-order valence-corrected chi connectivity index (χ1v) is 8.72. The molecule has 0 spiro atoms. The Morgan fingerprint density at radius 1 is 1.18 bits per heavy atom. The van der Waals surface area contributed by atoms with E-state index in [2.05, 4.69) is 29.4 Å². The second-order valence-electron chi connectivity index (χ2n) is 6.29. The Bertz CT molecular complexity index is 546. The molecule has 1 aliphatic carbocycles. The standard InChI is InChI=1S/C18H22BrF3/c1-3-4-12-5-7-13(8-6-12)11(2)9-14-15(19)10-16(20)18(22)17(14)21/h10,12-13H,2-9H2,1H3. The molecule has 2 rings (SSSR count). The van der Waals surface area contributed by atoms with E-state index in [0.29, 0.717) is 5.92 Å². The van der Waals surface area contributed by atoms with Crippen molar-refractivity contribution in [2.75, 3.05) is 0 Å². The largest absolute Gasteiger partial charge is 0.204 e. The number of hydrogen-bond donors (Lipinski definition) is 0. The smallest absolute Gasteiger partial charge is 0.194 e. The lowest BCUT2D eigenvalue weighted by atomic mass is 9.76. The van der Waals surface area contributed by atoms with Crippen molar-refractivity contribution < 1.29 is 13.2 Å². The molecule has 0 N–H and O–H groups in total. The van der Waals surface area contributed by atoms with Crippen LogP contribution in [-0.2, 0) is 6.42 Å². The van der Waals surface area contributed by atoms with Crippen LogP contribution in [0, 0.1) is 29.3 Å². The molecule has 1 fully saturated rings. The van der Waals surface area contributed by atoms with E-state index < -0.39 is 17.5 Å². The maximum Gasteiger partial charge on any atom is 0.194 e. The van der Waals surface area contributed by atoms with E-state index in [0.717, 1.165) is 30.4 Å². The van der Waals surface area contributed by atoms with E-state index in [1.807, 2.05) is 0 Å². The van der Waals surface area contributed by atoms with Gasteiger partial charge >= 0.3 is 0 Å². The second-order valence-corrected chi connectivity index (χ2v) is 7.14. The van der Waals surface area contributed by atoms with Crippen molar-refractivity contribution in [3.63, 3.8) is 0 Å². The maximum absolute atomic E-state index is 13.9. The molecule has 1 saturated carbocycles. The monoisotopic (exact) mass is 374 g/mol. The minimum atomic E-state index is -1.40. The van der Waals surface area contributed by atoms with Gasteiger partial charge in [-0.1, -0.05) is 47.8 Å². The predicted octanol–water partition coefficient (Wildman–Crippen LogP) is 6.57. The third-order valence-electron chi connectivity index (χ3n) is 4.73. The number of allylic oxidation sites excluding steroid dienone is 1. The summed E-state index contributed by atoms with van der Waals surface area (Å²) in [6.07, 6.45) is 7.22. The summed E-state index contributed by atoms with van der Waals surface area (Å²) in [5.41, 5.74) is 1.08. The van der Waals surface area contributed by atoms with Crippen LogP contribution in [0.5, 0.6) is 0 Å². The Kier molecular flexibility index (Phi) is 6.13. The van der Waals surface area contributed by atoms with Crippen molar-refractivity contribution in [3.8, 4) is 0 Å². The molecular weight excluding hydrogens is 353 g/mol. The summed E-state index contributed by atoms with van der Waals surface area (Å²) in [5.74, 6) is -2.53. The summed E-state index contributed by atoms with van der Waals surface area (Å²) in [5, 5.41) is 0. The van der Waals surface area contributed by atoms with Gasteiger partial charge < -0.3 is 0 Å². The minimum Gasteiger partial charge on any atom is -0.204 e. The summed E-state index contributed by atoms with van der Waals surface area (Å²) in [6, 6.07) is 0.985. The van der Waals surface area contributed by atoms with E-state index in [1.165, 1.54) is 25.7 Å². The fraction of sp³-hybridized carbons (Fsp3) is 0.556. The van der Waals surface area contributed by atoms with Crippen molar-refractivity contribution in [2.45, 2.75) is 51.9 Å². The zero-order valence-corrected chi connectivity index (χ0v) is 14.5. The lowest BCUT2D eigenvalue weighted by Crippen LogP contribution is -2.17. The fourth-order valence-corrected chi connectivity index (χ4v) is 3.92. The molecule has 4 heteroatoms. The third-order valence-corrected chi connectivity index (χ3v) is 5.44. The summed E-state index contributed by atoms with van der Waals surface area (Å²) in [4.78, 5) is 0.